The highest BCUT2D eigenvalue weighted by molar-refractivity contribution is 9.09. The maximum atomic E-state index is 5.89. The summed E-state index contributed by atoms with van der Waals surface area (Å²) >= 11 is 3.54. The van der Waals surface area contributed by atoms with Crippen molar-refractivity contribution in [2.75, 3.05) is 11.9 Å². The highest BCUT2D eigenvalue weighted by Gasteiger charge is 2.27. The summed E-state index contributed by atoms with van der Waals surface area (Å²) in [5, 5.41) is 1.00. The van der Waals surface area contributed by atoms with E-state index in [0.29, 0.717) is 11.3 Å². The average Bonchev–Trinajstić information content (AvgIpc) is 2.38. The van der Waals surface area contributed by atoms with Crippen LogP contribution in [0, 0.1) is 11.3 Å². The zero-order valence-electron chi connectivity index (χ0n) is 14.5. The molecule has 0 heterocycles. The predicted octanol–water partition coefficient (Wildman–Crippen LogP) is 6.20. The van der Waals surface area contributed by atoms with Crippen LogP contribution in [0.25, 0.3) is 0 Å². The van der Waals surface area contributed by atoms with E-state index >= 15 is 0 Å². The van der Waals surface area contributed by atoms with Gasteiger partial charge in [0.05, 0.1) is 6.61 Å². The van der Waals surface area contributed by atoms with Crippen LogP contribution in [0.15, 0.2) is 24.3 Å². The Kier molecular flexibility index (Phi) is 6.77. The molecule has 1 aromatic carbocycles. The van der Waals surface area contributed by atoms with E-state index in [1.807, 2.05) is 0 Å². The molecule has 2 heteroatoms. The first-order valence-corrected chi connectivity index (χ1v) is 9.09. The van der Waals surface area contributed by atoms with Crippen LogP contribution >= 0.6 is 15.9 Å². The molecule has 0 amide bonds. The van der Waals surface area contributed by atoms with Crippen molar-refractivity contribution >= 4 is 15.9 Å². The Morgan fingerprint density at radius 1 is 1.05 bits per heavy atom. The number of benzene rings is 1. The monoisotopic (exact) mass is 354 g/mol. The highest BCUT2D eigenvalue weighted by atomic mass is 79.9. The zero-order chi connectivity index (χ0) is 16.1. The maximum Gasteiger partial charge on any atom is 0.119 e. The van der Waals surface area contributed by atoms with Crippen LogP contribution in [0.1, 0.15) is 59.9 Å². The summed E-state index contributed by atoms with van der Waals surface area (Å²) in [5.41, 5.74) is 1.92. The molecular formula is C19H31BrO. The lowest BCUT2D eigenvalue weighted by molar-refractivity contribution is 0.259. The van der Waals surface area contributed by atoms with Crippen molar-refractivity contribution < 1.29 is 4.74 Å². The van der Waals surface area contributed by atoms with Gasteiger partial charge in [0.1, 0.15) is 5.75 Å². The molecule has 0 fully saturated rings. The Hall–Kier alpha value is -0.500. The van der Waals surface area contributed by atoms with Crippen LogP contribution in [-0.4, -0.2) is 11.9 Å². The number of ether oxygens (including phenoxy) is 1. The molecule has 1 unspecified atom stereocenters. The van der Waals surface area contributed by atoms with E-state index < -0.39 is 0 Å². The molecule has 120 valence electrons. The molecule has 1 aromatic rings. The van der Waals surface area contributed by atoms with E-state index in [1.165, 1.54) is 12.0 Å². The van der Waals surface area contributed by atoms with Gasteiger partial charge in [-0.1, -0.05) is 69.6 Å². The Balaban J connectivity index is 2.69. The van der Waals surface area contributed by atoms with Crippen molar-refractivity contribution in [3.8, 4) is 5.75 Å². The van der Waals surface area contributed by atoms with Crippen LogP contribution in [0.2, 0.25) is 0 Å². The van der Waals surface area contributed by atoms with Gasteiger partial charge >= 0.3 is 0 Å². The van der Waals surface area contributed by atoms with Gasteiger partial charge in [-0.15, -0.1) is 0 Å². The van der Waals surface area contributed by atoms with Gasteiger partial charge in [-0.25, -0.2) is 0 Å². The third-order valence-corrected chi connectivity index (χ3v) is 4.81. The van der Waals surface area contributed by atoms with E-state index in [-0.39, 0.29) is 5.41 Å². The number of hydrogen-bond acceptors (Lipinski definition) is 1. The standard InChI is InChI=1S/C19H31BrO/c1-7-15(12-20)13-21-17-10-8-16(9-11-17)19(5,6)14-18(2,3)4/h8-11,15H,7,12-14H2,1-6H3. The number of rotatable bonds is 7. The van der Waals surface area contributed by atoms with Crippen LogP contribution in [0.5, 0.6) is 5.75 Å². The summed E-state index contributed by atoms with van der Waals surface area (Å²) in [5.74, 6) is 1.56. The van der Waals surface area contributed by atoms with Crippen molar-refractivity contribution in [1.82, 2.24) is 0 Å². The quantitative estimate of drug-likeness (QED) is 0.529. The number of halogens is 1. The first-order valence-electron chi connectivity index (χ1n) is 7.97. The fourth-order valence-electron chi connectivity index (χ4n) is 2.92. The molecule has 0 saturated heterocycles. The molecule has 21 heavy (non-hydrogen) atoms. The molecule has 0 radical (unpaired) electrons. The van der Waals surface area contributed by atoms with Gasteiger partial charge in [-0.3, -0.25) is 0 Å². The molecule has 0 aromatic heterocycles. The fourth-order valence-corrected chi connectivity index (χ4v) is 3.56. The minimum Gasteiger partial charge on any atom is -0.493 e. The van der Waals surface area contributed by atoms with Gasteiger partial charge in [0.25, 0.3) is 0 Å². The van der Waals surface area contributed by atoms with Crippen LogP contribution in [0.3, 0.4) is 0 Å². The van der Waals surface area contributed by atoms with Gasteiger partial charge < -0.3 is 4.74 Å². The molecule has 1 nitrogen and oxygen atoms in total. The Bertz CT molecular complexity index is 410. The molecule has 0 spiro atoms. The minimum atomic E-state index is 0.193. The van der Waals surface area contributed by atoms with Crippen molar-refractivity contribution in [3.05, 3.63) is 29.8 Å². The Labute approximate surface area is 139 Å². The topological polar surface area (TPSA) is 9.23 Å². The van der Waals surface area contributed by atoms with Crippen molar-refractivity contribution in [3.63, 3.8) is 0 Å². The lowest BCUT2D eigenvalue weighted by atomic mass is 9.72. The van der Waals surface area contributed by atoms with Gasteiger partial charge in [0, 0.05) is 11.2 Å². The first-order chi connectivity index (χ1) is 9.68. The van der Waals surface area contributed by atoms with Crippen molar-refractivity contribution in [1.29, 1.82) is 0 Å². The molecular weight excluding hydrogens is 324 g/mol. The van der Waals surface area contributed by atoms with Crippen LogP contribution < -0.4 is 4.74 Å². The predicted molar refractivity (Wildman–Crippen MR) is 96.6 cm³/mol. The summed E-state index contributed by atoms with van der Waals surface area (Å²) in [7, 11) is 0. The molecule has 0 saturated carbocycles. The second-order valence-electron chi connectivity index (χ2n) is 7.89. The summed E-state index contributed by atoms with van der Waals surface area (Å²) in [6.45, 7) is 14.5. The highest BCUT2D eigenvalue weighted by Crippen LogP contribution is 2.36. The molecule has 0 aliphatic rings. The van der Waals surface area contributed by atoms with Crippen LogP contribution in [-0.2, 0) is 5.41 Å². The van der Waals surface area contributed by atoms with Crippen LogP contribution in [0.4, 0.5) is 0 Å². The smallest absolute Gasteiger partial charge is 0.119 e. The molecule has 1 rings (SSSR count). The average molecular weight is 355 g/mol. The van der Waals surface area contributed by atoms with E-state index in [9.17, 15) is 0 Å². The summed E-state index contributed by atoms with van der Waals surface area (Å²) in [6, 6.07) is 8.66. The van der Waals surface area contributed by atoms with E-state index in [4.69, 9.17) is 4.74 Å². The van der Waals surface area contributed by atoms with Gasteiger partial charge in [-0.05, 0) is 41.4 Å². The Morgan fingerprint density at radius 3 is 2.05 bits per heavy atom. The number of alkyl halides is 1. The third-order valence-electron chi connectivity index (χ3n) is 3.89. The lowest BCUT2D eigenvalue weighted by Crippen LogP contribution is -2.24. The molecule has 0 N–H and O–H groups in total. The normalized spacial score (nSPS) is 14.0. The van der Waals surface area contributed by atoms with Gasteiger partial charge in [0.15, 0.2) is 0 Å². The largest absolute Gasteiger partial charge is 0.493 e. The zero-order valence-corrected chi connectivity index (χ0v) is 16.1. The maximum absolute atomic E-state index is 5.89. The SMILES string of the molecule is CCC(CBr)COc1ccc(C(C)(C)CC(C)(C)C)cc1. The molecule has 0 aliphatic heterocycles. The van der Waals surface area contributed by atoms with E-state index in [2.05, 4.69) is 81.7 Å². The summed E-state index contributed by atoms with van der Waals surface area (Å²) in [4.78, 5) is 0. The van der Waals surface area contributed by atoms with Gasteiger partial charge in [0.2, 0.25) is 0 Å². The van der Waals surface area contributed by atoms with Gasteiger partial charge in [-0.2, -0.15) is 0 Å². The molecule has 1 atom stereocenters. The van der Waals surface area contributed by atoms with Crippen molar-refractivity contribution in [2.45, 2.75) is 59.8 Å². The fraction of sp³-hybridized carbons (Fsp3) is 0.684. The second-order valence-corrected chi connectivity index (χ2v) is 8.53. The first kappa shape index (κ1) is 18.5. The second kappa shape index (κ2) is 7.67. The van der Waals surface area contributed by atoms with Crippen molar-refractivity contribution in [2.24, 2.45) is 11.3 Å². The lowest BCUT2D eigenvalue weighted by Gasteiger charge is -2.33. The molecule has 0 aliphatic carbocycles. The van der Waals surface area contributed by atoms with E-state index in [1.54, 1.807) is 0 Å². The molecule has 0 bridgehead atoms. The Morgan fingerprint density at radius 2 is 1.62 bits per heavy atom. The third kappa shape index (κ3) is 6.42. The number of hydrogen-bond donors (Lipinski definition) is 0. The van der Waals surface area contributed by atoms with E-state index in [0.717, 1.165) is 24.1 Å². The minimum absolute atomic E-state index is 0.193. The summed E-state index contributed by atoms with van der Waals surface area (Å²) < 4.78 is 5.89. The summed E-state index contributed by atoms with van der Waals surface area (Å²) in [6.07, 6.45) is 2.31.